The van der Waals surface area contributed by atoms with Crippen molar-refractivity contribution in [2.45, 2.75) is 27.2 Å². The number of carbonyl (C=O) groups is 4. The summed E-state index contributed by atoms with van der Waals surface area (Å²) >= 11 is 0. The Kier molecular flexibility index (Phi) is 7.81. The van der Waals surface area contributed by atoms with E-state index in [1.807, 2.05) is 13.0 Å². The van der Waals surface area contributed by atoms with Crippen LogP contribution in [0.3, 0.4) is 0 Å². The van der Waals surface area contributed by atoms with E-state index in [9.17, 15) is 19.2 Å². The molecule has 0 unspecified atom stereocenters. The minimum atomic E-state index is -0.940. The largest absolute Gasteiger partial charge is 0.329 e. The van der Waals surface area contributed by atoms with Crippen molar-refractivity contribution in [2.24, 2.45) is 5.10 Å². The predicted molar refractivity (Wildman–Crippen MR) is 115 cm³/mol. The fourth-order valence-corrected chi connectivity index (χ4v) is 2.42. The Morgan fingerprint density at radius 2 is 1.43 bits per heavy atom. The van der Waals surface area contributed by atoms with E-state index in [-0.39, 0.29) is 18.2 Å². The van der Waals surface area contributed by atoms with E-state index in [1.54, 1.807) is 49.4 Å². The third kappa shape index (κ3) is 7.55. The molecule has 0 saturated carbocycles. The zero-order chi connectivity index (χ0) is 22.1. The summed E-state index contributed by atoms with van der Waals surface area (Å²) in [6.45, 7) is 4.83. The summed E-state index contributed by atoms with van der Waals surface area (Å²) in [6.07, 6.45) is -0.0762. The maximum Gasteiger partial charge on any atom is 0.329 e. The van der Waals surface area contributed by atoms with E-state index in [4.69, 9.17) is 0 Å². The van der Waals surface area contributed by atoms with Gasteiger partial charge in [0.25, 0.3) is 0 Å². The Bertz CT molecular complexity index is 983. The second kappa shape index (κ2) is 10.5. The molecule has 0 atom stereocenters. The van der Waals surface area contributed by atoms with E-state index >= 15 is 0 Å². The first kappa shape index (κ1) is 22.3. The average Bonchev–Trinajstić information content (AvgIpc) is 2.67. The van der Waals surface area contributed by atoms with Gasteiger partial charge in [0.05, 0.1) is 6.42 Å². The van der Waals surface area contributed by atoms with Gasteiger partial charge in [-0.3, -0.25) is 19.2 Å². The summed E-state index contributed by atoms with van der Waals surface area (Å²) < 4.78 is 0. The third-order valence-electron chi connectivity index (χ3n) is 3.74. The number of aryl methyl sites for hydroxylation is 1. The first-order chi connectivity index (χ1) is 14.2. The minimum Gasteiger partial charge on any atom is -0.326 e. The molecule has 0 aliphatic heterocycles. The SMILES string of the molecule is CC(=O)Nc1ccc(NC(=O)C/C(C)=N/NC(=O)C(=O)Nc2cccc(C)c2)cc1. The highest BCUT2D eigenvalue weighted by molar-refractivity contribution is 6.39. The molecule has 156 valence electrons. The number of hydrogen-bond acceptors (Lipinski definition) is 5. The second-order valence-corrected chi connectivity index (χ2v) is 6.60. The topological polar surface area (TPSA) is 129 Å². The molecule has 4 N–H and O–H groups in total. The van der Waals surface area contributed by atoms with Gasteiger partial charge in [0, 0.05) is 29.7 Å². The van der Waals surface area contributed by atoms with Crippen LogP contribution in [0.4, 0.5) is 17.1 Å². The van der Waals surface area contributed by atoms with Gasteiger partial charge in [-0.15, -0.1) is 0 Å². The molecule has 0 radical (unpaired) electrons. The number of hydrazone groups is 1. The van der Waals surface area contributed by atoms with Gasteiger partial charge in [-0.05, 0) is 55.8 Å². The lowest BCUT2D eigenvalue weighted by Crippen LogP contribution is -2.33. The van der Waals surface area contributed by atoms with Crippen LogP contribution in [0.2, 0.25) is 0 Å². The Hall–Kier alpha value is -4.01. The number of nitrogens with one attached hydrogen (secondary N) is 4. The molecule has 4 amide bonds. The standard InChI is InChI=1S/C21H23N5O4/c1-13-5-4-6-18(11-13)24-20(29)21(30)26-25-14(2)12-19(28)23-17-9-7-16(8-10-17)22-15(3)27/h4-11H,12H2,1-3H3,(H,22,27)(H,23,28)(H,24,29)(H,26,30)/b25-14+. The van der Waals surface area contributed by atoms with Crippen molar-refractivity contribution in [3.8, 4) is 0 Å². The molecule has 0 aromatic heterocycles. The summed E-state index contributed by atoms with van der Waals surface area (Å²) in [5, 5.41) is 11.6. The molecule has 9 nitrogen and oxygen atoms in total. The smallest absolute Gasteiger partial charge is 0.326 e. The highest BCUT2D eigenvalue weighted by Crippen LogP contribution is 2.14. The normalized spacial score (nSPS) is 10.7. The van der Waals surface area contributed by atoms with Crippen molar-refractivity contribution in [3.05, 3.63) is 54.1 Å². The molecule has 0 saturated heterocycles. The quantitative estimate of drug-likeness (QED) is 0.332. The maximum atomic E-state index is 12.1. The van der Waals surface area contributed by atoms with Crippen LogP contribution in [0.5, 0.6) is 0 Å². The molecule has 2 rings (SSSR count). The van der Waals surface area contributed by atoms with E-state index < -0.39 is 11.8 Å². The molecule has 0 spiro atoms. The number of carbonyl (C=O) groups excluding carboxylic acids is 4. The molecule has 30 heavy (non-hydrogen) atoms. The van der Waals surface area contributed by atoms with Gasteiger partial charge in [-0.2, -0.15) is 5.10 Å². The Labute approximate surface area is 173 Å². The summed E-state index contributed by atoms with van der Waals surface area (Å²) in [4.78, 5) is 46.8. The molecular formula is C21H23N5O4. The van der Waals surface area contributed by atoms with Crippen LogP contribution in [-0.2, 0) is 19.2 Å². The van der Waals surface area contributed by atoms with Crippen LogP contribution in [0.15, 0.2) is 53.6 Å². The second-order valence-electron chi connectivity index (χ2n) is 6.60. The van der Waals surface area contributed by atoms with Gasteiger partial charge in [0.1, 0.15) is 0 Å². The first-order valence-electron chi connectivity index (χ1n) is 9.11. The van der Waals surface area contributed by atoms with Gasteiger partial charge >= 0.3 is 11.8 Å². The Morgan fingerprint density at radius 1 is 0.800 bits per heavy atom. The first-order valence-corrected chi connectivity index (χ1v) is 9.11. The van der Waals surface area contributed by atoms with Crippen LogP contribution >= 0.6 is 0 Å². The number of amides is 4. The molecule has 0 bridgehead atoms. The maximum absolute atomic E-state index is 12.1. The molecule has 0 aliphatic carbocycles. The third-order valence-corrected chi connectivity index (χ3v) is 3.74. The van der Waals surface area contributed by atoms with Crippen LogP contribution in [0.25, 0.3) is 0 Å². The summed E-state index contributed by atoms with van der Waals surface area (Å²) in [6, 6.07) is 13.6. The summed E-state index contributed by atoms with van der Waals surface area (Å²) in [5.74, 6) is -2.33. The monoisotopic (exact) mass is 409 g/mol. The number of nitrogens with zero attached hydrogens (tertiary/aromatic N) is 1. The molecule has 9 heteroatoms. The van der Waals surface area contributed by atoms with Crippen molar-refractivity contribution in [3.63, 3.8) is 0 Å². The Balaban J connectivity index is 1.82. The van der Waals surface area contributed by atoms with Crippen molar-refractivity contribution in [1.82, 2.24) is 5.43 Å². The lowest BCUT2D eigenvalue weighted by atomic mass is 10.2. The highest BCUT2D eigenvalue weighted by atomic mass is 16.2. The lowest BCUT2D eigenvalue weighted by Gasteiger charge is -2.07. The zero-order valence-corrected chi connectivity index (χ0v) is 16.9. The van der Waals surface area contributed by atoms with E-state index in [1.165, 1.54) is 6.92 Å². The van der Waals surface area contributed by atoms with Gasteiger partial charge in [-0.1, -0.05) is 12.1 Å². The van der Waals surface area contributed by atoms with Gasteiger partial charge in [0.2, 0.25) is 11.8 Å². The van der Waals surface area contributed by atoms with Crippen molar-refractivity contribution in [1.29, 1.82) is 0 Å². The van der Waals surface area contributed by atoms with E-state index in [0.717, 1.165) is 5.56 Å². The van der Waals surface area contributed by atoms with Gasteiger partial charge in [-0.25, -0.2) is 5.43 Å². The molecule has 2 aromatic rings. The molecule has 0 fully saturated rings. The average molecular weight is 409 g/mol. The zero-order valence-electron chi connectivity index (χ0n) is 16.9. The predicted octanol–water partition coefficient (Wildman–Crippen LogP) is 2.41. The number of benzene rings is 2. The molecule has 0 heterocycles. The Morgan fingerprint density at radius 3 is 2.03 bits per heavy atom. The molecular weight excluding hydrogens is 386 g/mol. The van der Waals surface area contributed by atoms with Gasteiger partial charge in [0.15, 0.2) is 0 Å². The lowest BCUT2D eigenvalue weighted by molar-refractivity contribution is -0.136. The molecule has 2 aromatic carbocycles. The summed E-state index contributed by atoms with van der Waals surface area (Å²) in [7, 11) is 0. The van der Waals surface area contributed by atoms with Crippen molar-refractivity contribution < 1.29 is 19.2 Å². The van der Waals surface area contributed by atoms with Gasteiger partial charge < -0.3 is 16.0 Å². The highest BCUT2D eigenvalue weighted by Gasteiger charge is 2.13. The van der Waals surface area contributed by atoms with Crippen LogP contribution in [0.1, 0.15) is 25.8 Å². The van der Waals surface area contributed by atoms with E-state index in [0.29, 0.717) is 22.8 Å². The van der Waals surface area contributed by atoms with Crippen LogP contribution in [-0.4, -0.2) is 29.3 Å². The minimum absolute atomic E-state index is 0.0762. The van der Waals surface area contributed by atoms with Crippen LogP contribution < -0.4 is 21.4 Å². The van der Waals surface area contributed by atoms with E-state index in [2.05, 4.69) is 26.5 Å². The fraction of sp³-hybridized carbons (Fsp3) is 0.190. The van der Waals surface area contributed by atoms with Crippen molar-refractivity contribution in [2.75, 3.05) is 16.0 Å². The van der Waals surface area contributed by atoms with Crippen molar-refractivity contribution >= 4 is 46.4 Å². The number of rotatable bonds is 6. The fourth-order valence-electron chi connectivity index (χ4n) is 2.42. The van der Waals surface area contributed by atoms with Crippen LogP contribution in [0, 0.1) is 6.92 Å². The molecule has 0 aliphatic rings. The summed E-state index contributed by atoms with van der Waals surface area (Å²) in [5.41, 5.74) is 5.05. The number of hydrogen-bond donors (Lipinski definition) is 4. The number of anilines is 3.